The Morgan fingerprint density at radius 2 is 1.96 bits per heavy atom. The van der Waals surface area contributed by atoms with Gasteiger partial charge in [0.15, 0.2) is 0 Å². The van der Waals surface area contributed by atoms with Gasteiger partial charge >= 0.3 is 5.97 Å². The second kappa shape index (κ2) is 9.28. The van der Waals surface area contributed by atoms with Crippen LogP contribution in [-0.4, -0.2) is 23.5 Å². The summed E-state index contributed by atoms with van der Waals surface area (Å²) in [6, 6.07) is 6.34. The lowest BCUT2D eigenvalue weighted by molar-refractivity contribution is -0.142. The van der Waals surface area contributed by atoms with Crippen LogP contribution in [0.5, 0.6) is 0 Å². The Bertz CT molecular complexity index is 531. The van der Waals surface area contributed by atoms with E-state index in [0.29, 0.717) is 19.3 Å². The maximum absolute atomic E-state index is 13.1. The van der Waals surface area contributed by atoms with Crippen molar-refractivity contribution in [2.24, 2.45) is 17.8 Å². The van der Waals surface area contributed by atoms with Crippen LogP contribution < -0.4 is 5.32 Å². The van der Waals surface area contributed by atoms with Crippen LogP contribution in [-0.2, 0) is 16.0 Å². The van der Waals surface area contributed by atoms with Crippen molar-refractivity contribution in [2.75, 3.05) is 6.54 Å². The van der Waals surface area contributed by atoms with Gasteiger partial charge in [-0.3, -0.25) is 9.59 Å². The van der Waals surface area contributed by atoms with Crippen molar-refractivity contribution in [3.63, 3.8) is 0 Å². The van der Waals surface area contributed by atoms with Crippen LogP contribution in [0.1, 0.15) is 39.2 Å². The van der Waals surface area contributed by atoms with Crippen molar-refractivity contribution in [1.29, 1.82) is 0 Å². The molecule has 0 aliphatic heterocycles. The van der Waals surface area contributed by atoms with Gasteiger partial charge in [0.2, 0.25) is 5.91 Å². The number of carboxylic acids is 1. The number of amides is 1. The van der Waals surface area contributed by atoms with Crippen LogP contribution in [0.3, 0.4) is 0 Å². The first-order chi connectivity index (χ1) is 10.8. The molecule has 5 heteroatoms. The van der Waals surface area contributed by atoms with Crippen molar-refractivity contribution >= 4 is 11.9 Å². The Labute approximate surface area is 137 Å². The number of carbonyl (C=O) groups is 2. The Kier molecular flexibility index (Phi) is 7.72. The van der Waals surface area contributed by atoms with E-state index in [1.54, 1.807) is 13.0 Å². The summed E-state index contributed by atoms with van der Waals surface area (Å²) in [6.45, 7) is 5.86. The molecule has 0 saturated heterocycles. The van der Waals surface area contributed by atoms with E-state index in [-0.39, 0.29) is 30.1 Å². The molecule has 2 atom stereocenters. The van der Waals surface area contributed by atoms with Gasteiger partial charge in [-0.1, -0.05) is 32.9 Å². The minimum absolute atomic E-state index is 0.149. The molecule has 4 nitrogen and oxygen atoms in total. The van der Waals surface area contributed by atoms with E-state index in [4.69, 9.17) is 5.11 Å². The molecule has 1 amide bonds. The number of nitrogens with one attached hydrogen (secondary N) is 1. The summed E-state index contributed by atoms with van der Waals surface area (Å²) in [5.74, 6) is -1.86. The zero-order chi connectivity index (χ0) is 17.4. The van der Waals surface area contributed by atoms with Crippen LogP contribution in [0.4, 0.5) is 4.39 Å². The summed E-state index contributed by atoms with van der Waals surface area (Å²) < 4.78 is 13.1. The number of rotatable bonds is 9. The van der Waals surface area contributed by atoms with Crippen LogP contribution >= 0.6 is 0 Å². The van der Waals surface area contributed by atoms with Crippen molar-refractivity contribution in [1.82, 2.24) is 5.32 Å². The second-order valence-corrected chi connectivity index (χ2v) is 6.48. The van der Waals surface area contributed by atoms with Gasteiger partial charge in [0, 0.05) is 12.5 Å². The first kappa shape index (κ1) is 19.1. The van der Waals surface area contributed by atoms with Crippen molar-refractivity contribution in [3.8, 4) is 0 Å². The Morgan fingerprint density at radius 3 is 2.52 bits per heavy atom. The largest absolute Gasteiger partial charge is 0.481 e. The third kappa shape index (κ3) is 7.26. The minimum atomic E-state index is -0.883. The molecule has 1 aromatic rings. The molecule has 0 spiro atoms. The highest BCUT2D eigenvalue weighted by molar-refractivity contribution is 5.79. The summed E-state index contributed by atoms with van der Waals surface area (Å²) in [7, 11) is 0. The van der Waals surface area contributed by atoms with Gasteiger partial charge in [0.05, 0.1) is 5.92 Å². The van der Waals surface area contributed by atoms with E-state index >= 15 is 0 Å². The number of carbonyl (C=O) groups excluding carboxylic acids is 1. The normalized spacial score (nSPS) is 13.6. The van der Waals surface area contributed by atoms with Crippen LogP contribution in [0, 0.1) is 23.6 Å². The van der Waals surface area contributed by atoms with Gasteiger partial charge in [-0.25, -0.2) is 4.39 Å². The first-order valence-corrected chi connectivity index (χ1v) is 8.04. The standard InChI is InChI=1S/C18H26FNO3/c1-12(2)9-15(18(22)23)11-20-17(21)13(3)7-8-14-5-4-6-16(19)10-14/h4-6,10,12-13,15H,7-9,11H2,1-3H3,(H,20,21)(H,22,23). The number of hydrogen-bond acceptors (Lipinski definition) is 2. The number of benzene rings is 1. The number of aliphatic carboxylic acids is 1. The smallest absolute Gasteiger partial charge is 0.308 e. The molecule has 2 unspecified atom stereocenters. The van der Waals surface area contributed by atoms with Crippen molar-refractivity contribution < 1.29 is 19.1 Å². The van der Waals surface area contributed by atoms with Gasteiger partial charge in [-0.05, 0) is 42.9 Å². The van der Waals surface area contributed by atoms with Gasteiger partial charge in [-0.15, -0.1) is 0 Å². The summed E-state index contributed by atoms with van der Waals surface area (Å²) in [5.41, 5.74) is 0.855. The average molecular weight is 323 g/mol. The summed E-state index contributed by atoms with van der Waals surface area (Å²) in [5, 5.41) is 11.9. The highest BCUT2D eigenvalue weighted by atomic mass is 19.1. The predicted octanol–water partition coefficient (Wildman–Crippen LogP) is 3.26. The fourth-order valence-corrected chi connectivity index (χ4v) is 2.45. The maximum Gasteiger partial charge on any atom is 0.308 e. The van der Waals surface area contributed by atoms with Crippen LogP contribution in [0.2, 0.25) is 0 Å². The third-order valence-electron chi connectivity index (χ3n) is 3.83. The van der Waals surface area contributed by atoms with Gasteiger partial charge in [-0.2, -0.15) is 0 Å². The zero-order valence-electron chi connectivity index (χ0n) is 14.0. The van der Waals surface area contributed by atoms with Gasteiger partial charge in [0.1, 0.15) is 5.82 Å². The molecule has 0 fully saturated rings. The van der Waals surface area contributed by atoms with E-state index < -0.39 is 11.9 Å². The van der Waals surface area contributed by atoms with Gasteiger partial charge in [0.25, 0.3) is 0 Å². The minimum Gasteiger partial charge on any atom is -0.481 e. The van der Waals surface area contributed by atoms with E-state index in [2.05, 4.69) is 5.32 Å². The maximum atomic E-state index is 13.1. The van der Waals surface area contributed by atoms with E-state index in [1.165, 1.54) is 12.1 Å². The van der Waals surface area contributed by atoms with Crippen LogP contribution in [0.15, 0.2) is 24.3 Å². The molecule has 1 rings (SSSR count). The number of hydrogen-bond donors (Lipinski definition) is 2. The number of carboxylic acid groups (broad SMARTS) is 1. The molecule has 0 heterocycles. The Hall–Kier alpha value is -1.91. The van der Waals surface area contributed by atoms with Crippen LogP contribution in [0.25, 0.3) is 0 Å². The lowest BCUT2D eigenvalue weighted by atomic mass is 9.96. The molecule has 0 aliphatic carbocycles. The average Bonchev–Trinajstić information content (AvgIpc) is 2.48. The highest BCUT2D eigenvalue weighted by Crippen LogP contribution is 2.13. The Balaban J connectivity index is 2.42. The lowest BCUT2D eigenvalue weighted by Crippen LogP contribution is -2.36. The molecular formula is C18H26FNO3. The SMILES string of the molecule is CC(C)CC(CNC(=O)C(C)CCc1cccc(F)c1)C(=O)O. The molecule has 23 heavy (non-hydrogen) atoms. The summed E-state index contributed by atoms with van der Waals surface area (Å²) in [4.78, 5) is 23.2. The lowest BCUT2D eigenvalue weighted by Gasteiger charge is -2.17. The zero-order valence-corrected chi connectivity index (χ0v) is 14.0. The fourth-order valence-electron chi connectivity index (χ4n) is 2.45. The quantitative estimate of drug-likeness (QED) is 0.733. The molecule has 0 saturated carbocycles. The topological polar surface area (TPSA) is 66.4 Å². The highest BCUT2D eigenvalue weighted by Gasteiger charge is 2.21. The summed E-state index contributed by atoms with van der Waals surface area (Å²) >= 11 is 0. The van der Waals surface area contributed by atoms with E-state index in [1.807, 2.05) is 19.9 Å². The molecule has 2 N–H and O–H groups in total. The van der Waals surface area contributed by atoms with Gasteiger partial charge < -0.3 is 10.4 Å². The fraction of sp³-hybridized carbons (Fsp3) is 0.556. The molecule has 128 valence electrons. The number of aryl methyl sites for hydroxylation is 1. The first-order valence-electron chi connectivity index (χ1n) is 8.04. The van der Waals surface area contributed by atoms with E-state index in [0.717, 1.165) is 5.56 Å². The molecule has 0 aliphatic rings. The second-order valence-electron chi connectivity index (χ2n) is 6.48. The molecule has 0 aromatic heterocycles. The molecule has 0 bridgehead atoms. The van der Waals surface area contributed by atoms with Crippen molar-refractivity contribution in [2.45, 2.75) is 40.0 Å². The predicted molar refractivity (Wildman–Crippen MR) is 87.5 cm³/mol. The molecule has 0 radical (unpaired) electrons. The summed E-state index contributed by atoms with van der Waals surface area (Å²) in [6.07, 6.45) is 1.74. The van der Waals surface area contributed by atoms with Crippen molar-refractivity contribution in [3.05, 3.63) is 35.6 Å². The number of halogens is 1. The van der Waals surface area contributed by atoms with E-state index in [9.17, 15) is 14.0 Å². The molecule has 1 aromatic carbocycles. The molecular weight excluding hydrogens is 297 g/mol. The monoisotopic (exact) mass is 323 g/mol. The third-order valence-corrected chi connectivity index (χ3v) is 3.83. The Morgan fingerprint density at radius 1 is 1.26 bits per heavy atom.